The first-order valence-electron chi connectivity index (χ1n) is 5.52. The van der Waals surface area contributed by atoms with Gasteiger partial charge in [-0.05, 0) is 25.3 Å². The lowest BCUT2D eigenvalue weighted by atomic mass is 10.2. The SMILES string of the molecule is COC(=O)CC(C)NCc1ccc(CSC)o1. The van der Waals surface area contributed by atoms with Crippen molar-refractivity contribution in [1.82, 2.24) is 5.32 Å². The van der Waals surface area contributed by atoms with E-state index in [2.05, 4.69) is 10.1 Å². The van der Waals surface area contributed by atoms with Gasteiger partial charge in [-0.2, -0.15) is 11.8 Å². The number of esters is 1. The molecular weight excluding hydrogens is 238 g/mol. The smallest absolute Gasteiger partial charge is 0.307 e. The highest BCUT2D eigenvalue weighted by Crippen LogP contribution is 2.13. The molecule has 0 aliphatic rings. The largest absolute Gasteiger partial charge is 0.469 e. The van der Waals surface area contributed by atoms with Crippen LogP contribution in [0.3, 0.4) is 0 Å². The van der Waals surface area contributed by atoms with Crippen LogP contribution in [0.25, 0.3) is 0 Å². The van der Waals surface area contributed by atoms with E-state index in [4.69, 9.17) is 4.42 Å². The summed E-state index contributed by atoms with van der Waals surface area (Å²) in [5, 5.41) is 3.22. The molecule has 0 aliphatic heterocycles. The van der Waals surface area contributed by atoms with E-state index in [1.807, 2.05) is 25.3 Å². The van der Waals surface area contributed by atoms with Crippen LogP contribution in [0, 0.1) is 0 Å². The van der Waals surface area contributed by atoms with E-state index in [-0.39, 0.29) is 12.0 Å². The minimum atomic E-state index is -0.201. The molecular formula is C12H19NO3S. The van der Waals surface area contributed by atoms with Crippen molar-refractivity contribution in [1.29, 1.82) is 0 Å². The van der Waals surface area contributed by atoms with E-state index >= 15 is 0 Å². The minimum Gasteiger partial charge on any atom is -0.469 e. The molecule has 1 N–H and O–H groups in total. The maximum Gasteiger partial charge on any atom is 0.307 e. The van der Waals surface area contributed by atoms with Crippen LogP contribution in [0.4, 0.5) is 0 Å². The highest BCUT2D eigenvalue weighted by molar-refractivity contribution is 7.97. The van der Waals surface area contributed by atoms with Crippen LogP contribution in [0.15, 0.2) is 16.5 Å². The van der Waals surface area contributed by atoms with Crippen molar-refractivity contribution in [2.75, 3.05) is 13.4 Å². The Labute approximate surface area is 106 Å². The molecule has 1 aromatic rings. The highest BCUT2D eigenvalue weighted by atomic mass is 32.2. The van der Waals surface area contributed by atoms with Gasteiger partial charge < -0.3 is 14.5 Å². The Bertz CT molecular complexity index is 351. The predicted molar refractivity (Wildman–Crippen MR) is 68.9 cm³/mol. The molecule has 0 bridgehead atoms. The fourth-order valence-corrected chi connectivity index (χ4v) is 1.86. The Morgan fingerprint density at radius 1 is 1.53 bits per heavy atom. The number of hydrogen-bond donors (Lipinski definition) is 1. The average Bonchev–Trinajstić information content (AvgIpc) is 2.74. The average molecular weight is 257 g/mol. The summed E-state index contributed by atoms with van der Waals surface area (Å²) in [6, 6.07) is 4.03. The summed E-state index contributed by atoms with van der Waals surface area (Å²) in [6.07, 6.45) is 2.41. The van der Waals surface area contributed by atoms with Crippen molar-refractivity contribution >= 4 is 17.7 Å². The molecule has 1 heterocycles. The van der Waals surface area contributed by atoms with Crippen LogP contribution in [-0.4, -0.2) is 25.4 Å². The van der Waals surface area contributed by atoms with Gasteiger partial charge in [0.2, 0.25) is 0 Å². The normalized spacial score (nSPS) is 12.4. The first-order chi connectivity index (χ1) is 8.15. The van der Waals surface area contributed by atoms with Crippen LogP contribution in [0.2, 0.25) is 0 Å². The summed E-state index contributed by atoms with van der Waals surface area (Å²) in [5.74, 6) is 2.56. The Morgan fingerprint density at radius 2 is 2.24 bits per heavy atom. The summed E-state index contributed by atoms with van der Waals surface area (Å²) in [4.78, 5) is 11.0. The van der Waals surface area contributed by atoms with Crippen molar-refractivity contribution in [3.63, 3.8) is 0 Å². The number of nitrogens with one attached hydrogen (secondary N) is 1. The molecule has 1 rings (SSSR count). The van der Waals surface area contributed by atoms with Crippen LogP contribution in [0.5, 0.6) is 0 Å². The minimum absolute atomic E-state index is 0.0801. The van der Waals surface area contributed by atoms with Gasteiger partial charge in [0.25, 0.3) is 0 Å². The number of rotatable bonds is 7. The standard InChI is InChI=1S/C12H19NO3S/c1-9(6-12(14)15-2)13-7-10-4-5-11(16-10)8-17-3/h4-5,9,13H,6-8H2,1-3H3. The first-order valence-corrected chi connectivity index (χ1v) is 6.91. The molecule has 0 amide bonds. The van der Waals surface area contributed by atoms with E-state index in [1.54, 1.807) is 11.8 Å². The van der Waals surface area contributed by atoms with Gasteiger partial charge in [-0.1, -0.05) is 0 Å². The lowest BCUT2D eigenvalue weighted by molar-refractivity contribution is -0.141. The molecule has 0 spiro atoms. The third-order valence-corrected chi connectivity index (χ3v) is 2.90. The predicted octanol–water partition coefficient (Wildman–Crippen LogP) is 2.18. The Kier molecular flexibility index (Phi) is 6.15. The summed E-state index contributed by atoms with van der Waals surface area (Å²) >= 11 is 1.73. The Morgan fingerprint density at radius 3 is 2.88 bits per heavy atom. The maximum atomic E-state index is 11.0. The third kappa shape index (κ3) is 5.28. The summed E-state index contributed by atoms with van der Waals surface area (Å²) in [5.41, 5.74) is 0. The van der Waals surface area contributed by atoms with Gasteiger partial charge in [0.15, 0.2) is 0 Å². The first kappa shape index (κ1) is 14.1. The van der Waals surface area contributed by atoms with Crippen LogP contribution in [-0.2, 0) is 21.8 Å². The molecule has 1 atom stereocenters. The van der Waals surface area contributed by atoms with Crippen LogP contribution < -0.4 is 5.32 Å². The topological polar surface area (TPSA) is 51.5 Å². The molecule has 5 heteroatoms. The van der Waals surface area contributed by atoms with Crippen molar-refractivity contribution in [2.45, 2.75) is 31.7 Å². The van der Waals surface area contributed by atoms with Crippen LogP contribution >= 0.6 is 11.8 Å². The van der Waals surface area contributed by atoms with Gasteiger partial charge in [-0.15, -0.1) is 0 Å². The van der Waals surface area contributed by atoms with E-state index in [0.29, 0.717) is 13.0 Å². The van der Waals surface area contributed by atoms with Gasteiger partial charge in [0, 0.05) is 6.04 Å². The van der Waals surface area contributed by atoms with Crippen molar-refractivity contribution in [3.05, 3.63) is 23.7 Å². The van der Waals surface area contributed by atoms with E-state index in [0.717, 1.165) is 17.3 Å². The van der Waals surface area contributed by atoms with Gasteiger partial charge in [0.05, 0.1) is 25.8 Å². The quantitative estimate of drug-likeness (QED) is 0.759. The Balaban J connectivity index is 2.31. The molecule has 0 aromatic carbocycles. The van der Waals surface area contributed by atoms with E-state index in [9.17, 15) is 4.79 Å². The molecule has 4 nitrogen and oxygen atoms in total. The number of ether oxygens (including phenoxy) is 1. The fraction of sp³-hybridized carbons (Fsp3) is 0.583. The molecule has 0 radical (unpaired) electrons. The fourth-order valence-electron chi connectivity index (χ4n) is 1.42. The molecule has 1 aromatic heterocycles. The number of carbonyl (C=O) groups excluding carboxylic acids is 1. The molecule has 1 unspecified atom stereocenters. The molecule has 0 fully saturated rings. The monoisotopic (exact) mass is 257 g/mol. The third-order valence-electron chi connectivity index (χ3n) is 2.33. The Hall–Kier alpha value is -0.940. The van der Waals surface area contributed by atoms with Gasteiger partial charge >= 0.3 is 5.97 Å². The summed E-state index contributed by atoms with van der Waals surface area (Å²) in [6.45, 7) is 2.58. The van der Waals surface area contributed by atoms with E-state index < -0.39 is 0 Å². The van der Waals surface area contributed by atoms with Crippen molar-refractivity contribution in [3.8, 4) is 0 Å². The zero-order valence-electron chi connectivity index (χ0n) is 10.5. The summed E-state index contributed by atoms with van der Waals surface area (Å²) < 4.78 is 10.2. The highest BCUT2D eigenvalue weighted by Gasteiger charge is 2.09. The zero-order valence-corrected chi connectivity index (χ0v) is 11.3. The zero-order chi connectivity index (χ0) is 12.7. The lowest BCUT2D eigenvalue weighted by Gasteiger charge is -2.10. The van der Waals surface area contributed by atoms with Gasteiger partial charge in [-0.3, -0.25) is 4.79 Å². The van der Waals surface area contributed by atoms with Gasteiger partial charge in [0.1, 0.15) is 11.5 Å². The second kappa shape index (κ2) is 7.40. The van der Waals surface area contributed by atoms with Crippen LogP contribution in [0.1, 0.15) is 24.9 Å². The molecule has 96 valence electrons. The van der Waals surface area contributed by atoms with E-state index in [1.165, 1.54) is 7.11 Å². The molecule has 0 saturated heterocycles. The molecule has 17 heavy (non-hydrogen) atoms. The second-order valence-electron chi connectivity index (χ2n) is 3.86. The number of hydrogen-bond acceptors (Lipinski definition) is 5. The number of carbonyl (C=O) groups is 1. The second-order valence-corrected chi connectivity index (χ2v) is 4.73. The number of methoxy groups -OCH3 is 1. The van der Waals surface area contributed by atoms with Crippen molar-refractivity contribution in [2.24, 2.45) is 0 Å². The van der Waals surface area contributed by atoms with Gasteiger partial charge in [-0.25, -0.2) is 0 Å². The molecule has 0 aliphatic carbocycles. The summed E-state index contributed by atoms with van der Waals surface area (Å²) in [7, 11) is 1.40. The number of thioether (sulfide) groups is 1. The maximum absolute atomic E-state index is 11.0. The van der Waals surface area contributed by atoms with Crippen molar-refractivity contribution < 1.29 is 13.9 Å². The lowest BCUT2D eigenvalue weighted by Crippen LogP contribution is -2.28. The number of furan rings is 1. The molecule has 0 saturated carbocycles.